The fourth-order valence-electron chi connectivity index (χ4n) is 3.42. The molecule has 0 saturated heterocycles. The molecular formula is C24H29FO7S. The van der Waals surface area contributed by atoms with Crippen LogP contribution in [0.4, 0.5) is 4.39 Å². The van der Waals surface area contributed by atoms with Gasteiger partial charge in [-0.1, -0.05) is 30.3 Å². The van der Waals surface area contributed by atoms with Gasteiger partial charge in [0.25, 0.3) is 0 Å². The summed E-state index contributed by atoms with van der Waals surface area (Å²) in [7, 11) is 0. The van der Waals surface area contributed by atoms with Crippen LogP contribution >= 0.6 is 11.3 Å². The number of aliphatic hydroxyl groups is 6. The van der Waals surface area contributed by atoms with E-state index in [-0.39, 0.29) is 11.3 Å². The molecule has 0 aliphatic heterocycles. The van der Waals surface area contributed by atoms with Crippen molar-refractivity contribution in [3.8, 4) is 10.4 Å². The van der Waals surface area contributed by atoms with Crippen LogP contribution in [0.15, 0.2) is 54.6 Å². The van der Waals surface area contributed by atoms with Crippen LogP contribution in [-0.2, 0) is 6.42 Å². The monoisotopic (exact) mass is 480 g/mol. The first-order valence-electron chi connectivity index (χ1n) is 10.2. The smallest absolute Gasteiger partial charge is 0.123 e. The summed E-state index contributed by atoms with van der Waals surface area (Å²) in [5.74, 6) is -0.290. The van der Waals surface area contributed by atoms with E-state index in [0.717, 1.165) is 26.4 Å². The molecule has 8 N–H and O–H groups in total. The molecule has 1 aromatic heterocycles. The number of hydrogen-bond donors (Lipinski definition) is 6. The van der Waals surface area contributed by atoms with Crippen LogP contribution in [-0.4, -0.2) is 67.1 Å². The van der Waals surface area contributed by atoms with E-state index >= 15 is 0 Å². The Kier molecular flexibility index (Phi) is 9.65. The Morgan fingerprint density at radius 3 is 2.15 bits per heavy atom. The van der Waals surface area contributed by atoms with Crippen LogP contribution in [0.5, 0.6) is 0 Å². The zero-order chi connectivity index (χ0) is 23.4. The van der Waals surface area contributed by atoms with Gasteiger partial charge in [-0.25, -0.2) is 4.39 Å². The highest BCUT2D eigenvalue weighted by Gasteiger charge is 2.34. The van der Waals surface area contributed by atoms with Gasteiger partial charge >= 0.3 is 0 Å². The zero-order valence-corrected chi connectivity index (χ0v) is 18.8. The zero-order valence-electron chi connectivity index (χ0n) is 18.0. The SMILES string of the molecule is Cc1ccc(C(O)[C@H](O)[C@@H](O)[C@H](O)[C@H](O)CO)cc1Cc1ccc(-c2ccc(F)cc2)s1.O. The number of halogens is 1. The van der Waals surface area contributed by atoms with Crippen molar-refractivity contribution in [3.63, 3.8) is 0 Å². The quantitative estimate of drug-likeness (QED) is 0.270. The molecular weight excluding hydrogens is 451 g/mol. The predicted octanol–water partition coefficient (Wildman–Crippen LogP) is 1.10. The third-order valence-electron chi connectivity index (χ3n) is 5.47. The molecule has 0 amide bonds. The summed E-state index contributed by atoms with van der Waals surface area (Å²) >= 11 is 1.57. The second-order valence-corrected chi connectivity index (χ2v) is 8.97. The van der Waals surface area contributed by atoms with Crippen LogP contribution in [0.2, 0.25) is 0 Å². The van der Waals surface area contributed by atoms with Gasteiger partial charge in [0.1, 0.15) is 36.3 Å². The molecule has 5 atom stereocenters. The molecule has 0 aliphatic rings. The van der Waals surface area contributed by atoms with E-state index in [9.17, 15) is 29.9 Å². The van der Waals surface area contributed by atoms with Crippen molar-refractivity contribution in [2.45, 2.75) is 43.9 Å². The van der Waals surface area contributed by atoms with E-state index in [0.29, 0.717) is 12.0 Å². The summed E-state index contributed by atoms with van der Waals surface area (Å²) < 4.78 is 13.2. The normalized spacial score (nSPS) is 15.9. The van der Waals surface area contributed by atoms with Crippen LogP contribution in [0.25, 0.3) is 10.4 Å². The lowest BCUT2D eigenvalue weighted by atomic mass is 9.92. The van der Waals surface area contributed by atoms with Gasteiger partial charge in [-0.05, 0) is 53.4 Å². The van der Waals surface area contributed by atoms with Gasteiger partial charge in [0.2, 0.25) is 0 Å². The van der Waals surface area contributed by atoms with Crippen LogP contribution < -0.4 is 0 Å². The molecule has 0 radical (unpaired) electrons. The Hall–Kier alpha value is -2.21. The van der Waals surface area contributed by atoms with Gasteiger partial charge in [0.15, 0.2) is 0 Å². The maximum Gasteiger partial charge on any atom is 0.123 e. The Morgan fingerprint density at radius 1 is 0.848 bits per heavy atom. The van der Waals surface area contributed by atoms with Gasteiger partial charge in [-0.3, -0.25) is 0 Å². The van der Waals surface area contributed by atoms with Gasteiger partial charge in [-0.2, -0.15) is 0 Å². The summed E-state index contributed by atoms with van der Waals surface area (Å²) in [6.45, 7) is 1.13. The molecule has 3 aromatic rings. The lowest BCUT2D eigenvalue weighted by Gasteiger charge is -2.29. The molecule has 7 nitrogen and oxygen atoms in total. The summed E-state index contributed by atoms with van der Waals surface area (Å²) in [6.07, 6.45) is -8.02. The first kappa shape index (κ1) is 27.0. The number of aryl methyl sites for hydroxylation is 1. The largest absolute Gasteiger partial charge is 0.412 e. The topological polar surface area (TPSA) is 153 Å². The standard InChI is InChI=1S/C24H27FO6S.H2O/c1-13-2-3-15(21(28)23(30)24(31)22(29)19(27)12-26)10-16(13)11-18-8-9-20(32-18)14-4-6-17(25)7-5-14;/h2-10,19,21-24,26-31H,11-12H2,1H3;1H2/t19-,21?,22-,23+,24+;/m1./s1. The Balaban J connectivity index is 0.00000385. The van der Waals surface area contributed by atoms with Crippen molar-refractivity contribution in [1.29, 1.82) is 0 Å². The molecule has 180 valence electrons. The third kappa shape index (κ3) is 6.44. The van der Waals surface area contributed by atoms with E-state index in [1.165, 1.54) is 12.1 Å². The van der Waals surface area contributed by atoms with Crippen molar-refractivity contribution >= 4 is 11.3 Å². The van der Waals surface area contributed by atoms with Gasteiger partial charge in [-0.15, -0.1) is 11.3 Å². The van der Waals surface area contributed by atoms with Gasteiger partial charge in [0.05, 0.1) is 6.61 Å². The highest BCUT2D eigenvalue weighted by Crippen LogP contribution is 2.31. The number of thiophene rings is 1. The molecule has 9 heteroatoms. The molecule has 2 aromatic carbocycles. The highest BCUT2D eigenvalue weighted by atomic mass is 32.1. The van der Waals surface area contributed by atoms with E-state index in [2.05, 4.69) is 0 Å². The van der Waals surface area contributed by atoms with Gasteiger partial charge < -0.3 is 36.1 Å². The number of hydrogen-bond acceptors (Lipinski definition) is 7. The Labute approximate surface area is 195 Å². The molecule has 0 saturated carbocycles. The number of rotatable bonds is 9. The first-order chi connectivity index (χ1) is 15.2. The molecule has 1 unspecified atom stereocenters. The maximum absolute atomic E-state index is 13.2. The molecule has 33 heavy (non-hydrogen) atoms. The predicted molar refractivity (Wildman–Crippen MR) is 123 cm³/mol. The van der Waals surface area contributed by atoms with Gasteiger partial charge in [0, 0.05) is 16.2 Å². The minimum Gasteiger partial charge on any atom is -0.412 e. The number of aliphatic hydroxyl groups excluding tert-OH is 6. The molecule has 1 heterocycles. The highest BCUT2D eigenvalue weighted by molar-refractivity contribution is 7.15. The molecule has 0 aliphatic carbocycles. The minimum atomic E-state index is -1.85. The van der Waals surface area contributed by atoms with Crippen molar-refractivity contribution in [1.82, 2.24) is 0 Å². The van der Waals surface area contributed by atoms with Crippen molar-refractivity contribution in [2.24, 2.45) is 0 Å². The molecule has 0 bridgehead atoms. The van der Waals surface area contributed by atoms with Crippen LogP contribution in [0.3, 0.4) is 0 Å². The van der Waals surface area contributed by atoms with Crippen LogP contribution in [0, 0.1) is 12.7 Å². The average Bonchev–Trinajstić information content (AvgIpc) is 3.26. The van der Waals surface area contributed by atoms with Crippen LogP contribution in [0.1, 0.15) is 27.7 Å². The Bertz CT molecular complexity index is 1020. The molecule has 3 rings (SSSR count). The summed E-state index contributed by atoms with van der Waals surface area (Å²) in [4.78, 5) is 2.06. The fraction of sp³-hybridized carbons (Fsp3) is 0.333. The summed E-state index contributed by atoms with van der Waals surface area (Å²) in [5.41, 5.74) is 3.15. The third-order valence-corrected chi connectivity index (χ3v) is 6.61. The first-order valence-corrected chi connectivity index (χ1v) is 11.0. The van der Waals surface area contributed by atoms with E-state index < -0.39 is 37.1 Å². The second kappa shape index (κ2) is 11.8. The average molecular weight is 481 g/mol. The molecule has 0 spiro atoms. The Morgan fingerprint density at radius 2 is 1.52 bits per heavy atom. The van der Waals surface area contributed by atoms with E-state index in [1.807, 2.05) is 19.1 Å². The van der Waals surface area contributed by atoms with Crippen molar-refractivity contribution in [2.75, 3.05) is 6.61 Å². The van der Waals surface area contributed by atoms with E-state index in [1.54, 1.807) is 41.7 Å². The lowest BCUT2D eigenvalue weighted by Crippen LogP contribution is -2.47. The van der Waals surface area contributed by atoms with E-state index in [4.69, 9.17) is 5.11 Å². The summed E-state index contributed by atoms with van der Waals surface area (Å²) in [5, 5.41) is 59.0. The van der Waals surface area contributed by atoms with Crippen molar-refractivity contribution < 1.29 is 40.5 Å². The minimum absolute atomic E-state index is 0. The number of benzene rings is 2. The summed E-state index contributed by atoms with van der Waals surface area (Å²) in [6, 6.07) is 15.4. The second-order valence-electron chi connectivity index (χ2n) is 7.80. The van der Waals surface area contributed by atoms with Crippen molar-refractivity contribution in [3.05, 3.63) is 82.0 Å². The molecule has 0 fully saturated rings. The maximum atomic E-state index is 13.2. The fourth-order valence-corrected chi connectivity index (χ4v) is 4.45. The lowest BCUT2D eigenvalue weighted by molar-refractivity contribution is -0.141.